The highest BCUT2D eigenvalue weighted by atomic mass is 79.9. The Hall–Kier alpha value is -1.76. The zero-order valence-corrected chi connectivity index (χ0v) is 18.7. The fourth-order valence-electron chi connectivity index (χ4n) is 5.25. The second kappa shape index (κ2) is 6.94. The molecule has 3 fully saturated rings. The molecule has 6 nitrogen and oxygen atoms in total. The molecule has 28 heavy (non-hydrogen) atoms. The molecule has 2 bridgehead atoms. The third-order valence-electron chi connectivity index (χ3n) is 7.01. The molecule has 3 aliphatic carbocycles. The van der Waals surface area contributed by atoms with Gasteiger partial charge < -0.3 is 5.32 Å². The number of aromatic nitrogens is 4. The first kappa shape index (κ1) is 19.6. The van der Waals surface area contributed by atoms with E-state index in [9.17, 15) is 4.79 Å². The maximum atomic E-state index is 12.8. The monoisotopic (exact) mass is 445 g/mol. The van der Waals surface area contributed by atoms with Crippen LogP contribution in [0.15, 0.2) is 21.5 Å². The van der Waals surface area contributed by atoms with Crippen LogP contribution in [0.1, 0.15) is 50.8 Å². The van der Waals surface area contributed by atoms with Crippen molar-refractivity contribution in [2.45, 2.75) is 60.0 Å². The minimum absolute atomic E-state index is 0.145. The van der Waals surface area contributed by atoms with Crippen molar-refractivity contribution in [3.05, 3.63) is 44.3 Å². The number of nitrogens with zero attached hydrogens (tertiary/aromatic N) is 4. The smallest absolute Gasteiger partial charge is 0.283 e. The van der Waals surface area contributed by atoms with Gasteiger partial charge in [0, 0.05) is 11.7 Å². The molecule has 0 unspecified atom stereocenters. The molecule has 2 heterocycles. The molecule has 2 aromatic rings. The first-order valence-corrected chi connectivity index (χ1v) is 10.8. The number of anilines is 1. The van der Waals surface area contributed by atoms with E-state index >= 15 is 0 Å². The molecule has 4 atom stereocenters. The lowest BCUT2D eigenvalue weighted by molar-refractivity contribution is -0.105. The van der Waals surface area contributed by atoms with E-state index in [1.54, 1.807) is 6.20 Å². The highest BCUT2D eigenvalue weighted by Gasteiger charge is 2.56. The Balaban J connectivity index is 1.53. The number of aryl methyl sites for hydroxylation is 2. The third kappa shape index (κ3) is 3.27. The summed E-state index contributed by atoms with van der Waals surface area (Å²) >= 11 is 3.50. The lowest BCUT2D eigenvalue weighted by atomic mass is 9.45. The number of hydrogen-bond donors (Lipinski definition) is 1. The van der Waals surface area contributed by atoms with Gasteiger partial charge in [-0.1, -0.05) is 20.8 Å². The molecule has 0 radical (unpaired) electrons. The van der Waals surface area contributed by atoms with Crippen LogP contribution in [-0.4, -0.2) is 25.8 Å². The molecule has 5 rings (SSSR count). The van der Waals surface area contributed by atoms with Crippen LogP contribution < -0.4 is 10.9 Å². The van der Waals surface area contributed by atoms with Gasteiger partial charge in [0.25, 0.3) is 5.56 Å². The van der Waals surface area contributed by atoms with Crippen LogP contribution in [-0.2, 0) is 6.54 Å². The Morgan fingerprint density at radius 1 is 1.29 bits per heavy atom. The second-order valence-electron chi connectivity index (χ2n) is 9.09. The molecule has 150 valence electrons. The summed E-state index contributed by atoms with van der Waals surface area (Å²) in [6.45, 7) is 11.2. The molecule has 0 aliphatic heterocycles. The predicted octanol–water partition coefficient (Wildman–Crippen LogP) is 3.94. The maximum Gasteiger partial charge on any atom is 0.283 e. The minimum Gasteiger partial charge on any atom is -0.380 e. The van der Waals surface area contributed by atoms with Gasteiger partial charge in [-0.2, -0.15) is 5.10 Å². The van der Waals surface area contributed by atoms with Gasteiger partial charge in [0.1, 0.15) is 10.3 Å². The normalized spacial score (nSPS) is 27.9. The second-order valence-corrected chi connectivity index (χ2v) is 9.88. The van der Waals surface area contributed by atoms with Gasteiger partial charge in [-0.3, -0.25) is 4.79 Å². The minimum atomic E-state index is -0.145. The molecule has 1 N–H and O–H groups in total. The van der Waals surface area contributed by atoms with Gasteiger partial charge in [-0.05, 0) is 71.9 Å². The van der Waals surface area contributed by atoms with E-state index in [-0.39, 0.29) is 5.56 Å². The molecule has 3 aliphatic rings. The molecule has 0 aromatic carbocycles. The number of hydrogen-bond acceptors (Lipinski definition) is 5. The largest absolute Gasteiger partial charge is 0.380 e. The summed E-state index contributed by atoms with van der Waals surface area (Å²) in [5.74, 6) is 2.80. The van der Waals surface area contributed by atoms with Crippen molar-refractivity contribution in [3.63, 3.8) is 0 Å². The highest BCUT2D eigenvalue weighted by Crippen LogP contribution is 2.61. The molecular formula is C21H28BrN5O. The molecular weight excluding hydrogens is 418 g/mol. The van der Waals surface area contributed by atoms with E-state index in [1.165, 1.54) is 11.1 Å². The number of halogens is 1. The zero-order chi connectivity index (χ0) is 20.2. The third-order valence-corrected chi connectivity index (χ3v) is 7.78. The Morgan fingerprint density at radius 2 is 2.04 bits per heavy atom. The summed E-state index contributed by atoms with van der Waals surface area (Å²) in [5, 5.41) is 7.99. The first-order chi connectivity index (χ1) is 13.2. The van der Waals surface area contributed by atoms with Gasteiger partial charge in [0.05, 0.1) is 24.1 Å². The van der Waals surface area contributed by atoms with Crippen LogP contribution in [0.25, 0.3) is 0 Å². The summed E-state index contributed by atoms with van der Waals surface area (Å²) in [5.41, 5.74) is 2.76. The van der Waals surface area contributed by atoms with Gasteiger partial charge in [0.2, 0.25) is 0 Å². The Morgan fingerprint density at radius 3 is 2.68 bits per heavy atom. The van der Waals surface area contributed by atoms with E-state index in [1.807, 2.05) is 19.9 Å². The number of fused-ring (bicyclic) bond motifs is 2. The topological polar surface area (TPSA) is 72.7 Å². The Bertz CT molecular complexity index is 950. The van der Waals surface area contributed by atoms with Gasteiger partial charge in [0.15, 0.2) is 0 Å². The SMILES string of the molecule is Cc1cc(Cn2ncc(N[C@@H]3C[C@@H]4C[C@H]([C@H]3C)C4(C)C)c(Br)c2=O)nc(C)n1. The predicted molar refractivity (Wildman–Crippen MR) is 113 cm³/mol. The Labute approximate surface area is 174 Å². The van der Waals surface area contributed by atoms with Gasteiger partial charge in [-0.25, -0.2) is 14.6 Å². The molecule has 3 saturated carbocycles. The van der Waals surface area contributed by atoms with E-state index in [2.05, 4.69) is 57.1 Å². The van der Waals surface area contributed by atoms with Crippen LogP contribution in [0.3, 0.4) is 0 Å². The summed E-state index contributed by atoms with van der Waals surface area (Å²) in [4.78, 5) is 21.5. The van der Waals surface area contributed by atoms with Crippen LogP contribution in [0.5, 0.6) is 0 Å². The Kier molecular flexibility index (Phi) is 4.84. The van der Waals surface area contributed by atoms with Crippen molar-refractivity contribution >= 4 is 21.6 Å². The number of nitrogens with one attached hydrogen (secondary N) is 1. The van der Waals surface area contributed by atoms with Crippen molar-refractivity contribution in [2.75, 3.05) is 5.32 Å². The average molecular weight is 446 g/mol. The first-order valence-electron chi connectivity index (χ1n) is 10.00. The van der Waals surface area contributed by atoms with Crippen molar-refractivity contribution in [2.24, 2.45) is 23.2 Å². The van der Waals surface area contributed by atoms with E-state index in [4.69, 9.17) is 0 Å². The van der Waals surface area contributed by atoms with Gasteiger partial charge >= 0.3 is 0 Å². The fraction of sp³-hybridized carbons (Fsp3) is 0.619. The van der Waals surface area contributed by atoms with Crippen molar-refractivity contribution in [1.82, 2.24) is 19.7 Å². The highest BCUT2D eigenvalue weighted by molar-refractivity contribution is 9.10. The van der Waals surface area contributed by atoms with Crippen molar-refractivity contribution in [3.8, 4) is 0 Å². The standard InChI is InChI=1S/C21H28BrN5O/c1-11-6-15(25-13(3)24-11)10-27-20(28)19(22)18(9-23-27)26-17-8-14-7-16(12(17)2)21(14,4)5/h6,9,12,14,16-17,26H,7-8,10H2,1-5H3/t12-,14+,16-,17-/m1/s1. The fourth-order valence-corrected chi connectivity index (χ4v) is 5.67. The molecule has 2 aromatic heterocycles. The van der Waals surface area contributed by atoms with E-state index in [0.717, 1.165) is 35.3 Å². The zero-order valence-electron chi connectivity index (χ0n) is 17.2. The van der Waals surface area contributed by atoms with Crippen molar-refractivity contribution < 1.29 is 0 Å². The summed E-state index contributed by atoms with van der Waals surface area (Å²) in [7, 11) is 0. The van der Waals surface area contributed by atoms with E-state index in [0.29, 0.717) is 34.2 Å². The summed E-state index contributed by atoms with van der Waals surface area (Å²) in [6, 6.07) is 2.27. The maximum absolute atomic E-state index is 12.8. The van der Waals surface area contributed by atoms with Crippen LogP contribution in [0.4, 0.5) is 5.69 Å². The van der Waals surface area contributed by atoms with E-state index < -0.39 is 0 Å². The summed E-state index contributed by atoms with van der Waals surface area (Å²) < 4.78 is 1.98. The lowest BCUT2D eigenvalue weighted by Crippen LogP contribution is -2.58. The number of rotatable bonds is 4. The van der Waals surface area contributed by atoms with Crippen molar-refractivity contribution in [1.29, 1.82) is 0 Å². The average Bonchev–Trinajstić information content (AvgIpc) is 2.61. The summed E-state index contributed by atoms with van der Waals surface area (Å²) in [6.07, 6.45) is 4.25. The molecule has 0 saturated heterocycles. The quantitative estimate of drug-likeness (QED) is 0.770. The van der Waals surface area contributed by atoms with Crippen LogP contribution in [0, 0.1) is 37.0 Å². The molecule has 7 heteroatoms. The molecule has 0 amide bonds. The van der Waals surface area contributed by atoms with Crippen LogP contribution >= 0.6 is 15.9 Å². The molecule has 0 spiro atoms. The lowest BCUT2D eigenvalue weighted by Gasteiger charge is -2.62. The van der Waals surface area contributed by atoms with Gasteiger partial charge in [-0.15, -0.1) is 0 Å². The van der Waals surface area contributed by atoms with Crippen LogP contribution in [0.2, 0.25) is 0 Å².